The summed E-state index contributed by atoms with van der Waals surface area (Å²) in [6.45, 7) is 0. The van der Waals surface area contributed by atoms with Crippen molar-refractivity contribution in [1.82, 2.24) is 0 Å². The van der Waals surface area contributed by atoms with Gasteiger partial charge in [0.05, 0.1) is 0 Å². The minimum atomic E-state index is -4.01. The van der Waals surface area contributed by atoms with Gasteiger partial charge in [0.1, 0.15) is 0 Å². The largest absolute Gasteiger partial charge is 0.380 e. The molecule has 0 aliphatic carbocycles. The number of carbonyl (C=O) groups excluding carboxylic acids is 1. The molecule has 11 heavy (non-hydrogen) atoms. The zero-order valence-electron chi connectivity index (χ0n) is 5.18. The molecule has 0 amide bonds. The molecular weight excluding hydrogens is 172 g/mol. The number of rotatable bonds is 0. The molecule has 0 aromatic rings. The first kappa shape index (κ1) is 7.66. The molecule has 60 valence electrons. The Hall–Kier alpha value is -1.44. The van der Waals surface area contributed by atoms with E-state index in [0.717, 1.165) is 0 Å². The van der Waals surface area contributed by atoms with E-state index in [1.807, 2.05) is 0 Å². The monoisotopic (exact) mass is 176 g/mol. The van der Waals surface area contributed by atoms with Gasteiger partial charge < -0.3 is 11.5 Å². The maximum absolute atomic E-state index is 10.6. The van der Waals surface area contributed by atoms with Crippen LogP contribution in [0, 0.1) is 0 Å². The summed E-state index contributed by atoms with van der Waals surface area (Å²) in [6.07, 6.45) is 0. The van der Waals surface area contributed by atoms with Crippen molar-refractivity contribution in [3.63, 3.8) is 0 Å². The van der Waals surface area contributed by atoms with E-state index in [1.165, 1.54) is 0 Å². The number of amidine groups is 2. The molecule has 0 bridgehead atoms. The van der Waals surface area contributed by atoms with Gasteiger partial charge in [0.25, 0.3) is 5.78 Å². The van der Waals surface area contributed by atoms with Gasteiger partial charge in [0, 0.05) is 0 Å². The summed E-state index contributed by atoms with van der Waals surface area (Å²) < 4.78 is 26.7. The van der Waals surface area contributed by atoms with Gasteiger partial charge in [0.15, 0.2) is 11.7 Å². The Morgan fingerprint density at radius 1 is 1.09 bits per heavy atom. The average molecular weight is 176 g/mol. The van der Waals surface area contributed by atoms with Gasteiger partial charge in [-0.2, -0.15) is 8.42 Å². The van der Waals surface area contributed by atoms with Crippen LogP contribution in [0.1, 0.15) is 0 Å². The highest BCUT2D eigenvalue weighted by atomic mass is 32.2. The Balaban J connectivity index is 3.30. The maximum atomic E-state index is 10.6. The van der Waals surface area contributed by atoms with Gasteiger partial charge in [-0.1, -0.05) is 0 Å². The van der Waals surface area contributed by atoms with Crippen molar-refractivity contribution in [2.75, 3.05) is 0 Å². The fourth-order valence-electron chi connectivity index (χ4n) is 0.483. The molecule has 0 radical (unpaired) electrons. The summed E-state index contributed by atoms with van der Waals surface area (Å²) in [5, 5.41) is 0. The van der Waals surface area contributed by atoms with E-state index in [4.69, 9.17) is 11.5 Å². The zero-order chi connectivity index (χ0) is 8.65. The standard InChI is InChI=1S/C3H4N4O3S/c4-2-1(8)3(5)7-11(9,10)6-2/h(H2,4,6)(H2,5,7). The van der Waals surface area contributed by atoms with Gasteiger partial charge in [-0.05, 0) is 0 Å². The second-order valence-electron chi connectivity index (χ2n) is 1.73. The molecule has 0 saturated carbocycles. The van der Waals surface area contributed by atoms with E-state index >= 15 is 0 Å². The summed E-state index contributed by atoms with van der Waals surface area (Å²) in [5.41, 5.74) is 9.81. The van der Waals surface area contributed by atoms with E-state index < -0.39 is 27.7 Å². The fraction of sp³-hybridized carbons (Fsp3) is 0. The Bertz CT molecular complexity index is 336. The lowest BCUT2D eigenvalue weighted by Gasteiger charge is -2.02. The Morgan fingerprint density at radius 2 is 1.45 bits per heavy atom. The molecule has 0 aromatic carbocycles. The van der Waals surface area contributed by atoms with Gasteiger partial charge in [-0.25, -0.2) is 0 Å². The van der Waals surface area contributed by atoms with Crippen molar-refractivity contribution in [2.45, 2.75) is 0 Å². The third kappa shape index (κ3) is 1.34. The van der Waals surface area contributed by atoms with Crippen LogP contribution in [0.15, 0.2) is 8.80 Å². The molecule has 4 N–H and O–H groups in total. The molecule has 1 aliphatic rings. The number of Topliss-reactive ketones (excluding diaryl/α,β-unsaturated/α-hetero) is 1. The molecule has 0 unspecified atom stereocenters. The first-order valence-electron chi connectivity index (χ1n) is 2.43. The van der Waals surface area contributed by atoms with E-state index in [1.54, 1.807) is 0 Å². The minimum absolute atomic E-state index is 0.655. The van der Waals surface area contributed by atoms with Crippen LogP contribution in [0.5, 0.6) is 0 Å². The molecule has 8 heteroatoms. The molecule has 0 atom stereocenters. The Morgan fingerprint density at radius 3 is 1.82 bits per heavy atom. The number of ketones is 1. The molecule has 1 heterocycles. The van der Waals surface area contributed by atoms with E-state index in [-0.39, 0.29) is 0 Å². The number of hydrogen-bond donors (Lipinski definition) is 2. The van der Waals surface area contributed by atoms with Crippen molar-refractivity contribution in [2.24, 2.45) is 20.3 Å². The normalized spacial score (nSPS) is 22.4. The predicted molar refractivity (Wildman–Crippen MR) is 37.2 cm³/mol. The van der Waals surface area contributed by atoms with Crippen LogP contribution >= 0.6 is 0 Å². The van der Waals surface area contributed by atoms with Crippen LogP contribution in [0.3, 0.4) is 0 Å². The number of nitrogens with zero attached hydrogens (tertiary/aromatic N) is 2. The first-order valence-corrected chi connectivity index (χ1v) is 3.82. The molecule has 1 rings (SSSR count). The van der Waals surface area contributed by atoms with Crippen LogP contribution in [0.2, 0.25) is 0 Å². The van der Waals surface area contributed by atoms with Gasteiger partial charge in [0.2, 0.25) is 0 Å². The highest BCUT2D eigenvalue weighted by Gasteiger charge is 2.23. The van der Waals surface area contributed by atoms with Crippen LogP contribution in [-0.2, 0) is 15.0 Å². The smallest absolute Gasteiger partial charge is 0.367 e. The van der Waals surface area contributed by atoms with Gasteiger partial charge in [-0.3, -0.25) is 4.79 Å². The fourth-order valence-corrected chi connectivity index (χ4v) is 1.19. The lowest BCUT2D eigenvalue weighted by atomic mass is 10.3. The molecule has 0 aromatic heterocycles. The second-order valence-corrected chi connectivity index (χ2v) is 2.99. The van der Waals surface area contributed by atoms with E-state index in [9.17, 15) is 13.2 Å². The summed E-state index contributed by atoms with van der Waals surface area (Å²) in [4.78, 5) is 10.6. The van der Waals surface area contributed by atoms with Crippen molar-refractivity contribution < 1.29 is 13.2 Å². The molecule has 0 spiro atoms. The SMILES string of the molecule is NC1=NS(=O)(=O)N=C(N)C1=O. The molecule has 0 saturated heterocycles. The van der Waals surface area contributed by atoms with E-state index in [2.05, 4.69) is 8.80 Å². The Kier molecular flexibility index (Phi) is 1.41. The third-order valence-electron chi connectivity index (χ3n) is 0.893. The number of hydrogen-bond acceptors (Lipinski definition) is 5. The van der Waals surface area contributed by atoms with Crippen molar-refractivity contribution >= 4 is 27.7 Å². The molecule has 1 aliphatic heterocycles. The summed E-state index contributed by atoms with van der Waals surface area (Å²) >= 11 is 0. The van der Waals surface area contributed by atoms with Gasteiger partial charge in [-0.15, -0.1) is 8.80 Å². The van der Waals surface area contributed by atoms with Crippen LogP contribution in [0.4, 0.5) is 0 Å². The summed E-state index contributed by atoms with van der Waals surface area (Å²) in [7, 11) is -4.01. The van der Waals surface area contributed by atoms with Crippen LogP contribution in [-0.4, -0.2) is 25.9 Å². The van der Waals surface area contributed by atoms with Crippen molar-refractivity contribution in [1.29, 1.82) is 0 Å². The van der Waals surface area contributed by atoms with Crippen LogP contribution < -0.4 is 11.5 Å². The predicted octanol–water partition coefficient (Wildman–Crippen LogP) is -2.47. The lowest BCUT2D eigenvalue weighted by molar-refractivity contribution is -0.107. The summed E-state index contributed by atoms with van der Waals surface area (Å²) in [5.74, 6) is -2.17. The number of carbonyl (C=O) groups is 1. The highest BCUT2D eigenvalue weighted by Crippen LogP contribution is 1.99. The Labute approximate surface area is 62.0 Å². The first-order chi connectivity index (χ1) is 4.92. The minimum Gasteiger partial charge on any atom is -0.380 e. The molecular formula is C3H4N4O3S. The van der Waals surface area contributed by atoms with Gasteiger partial charge >= 0.3 is 10.2 Å². The highest BCUT2D eigenvalue weighted by molar-refractivity contribution is 7.89. The number of nitrogens with two attached hydrogens (primary N) is 2. The maximum Gasteiger partial charge on any atom is 0.367 e. The zero-order valence-corrected chi connectivity index (χ0v) is 6.00. The summed E-state index contributed by atoms with van der Waals surface area (Å²) in [6, 6.07) is 0. The van der Waals surface area contributed by atoms with E-state index in [0.29, 0.717) is 0 Å². The lowest BCUT2D eigenvalue weighted by Crippen LogP contribution is -2.39. The third-order valence-corrected chi connectivity index (χ3v) is 1.75. The van der Waals surface area contributed by atoms with Crippen LogP contribution in [0.25, 0.3) is 0 Å². The molecule has 0 fully saturated rings. The van der Waals surface area contributed by atoms with Crippen molar-refractivity contribution in [3.05, 3.63) is 0 Å². The average Bonchev–Trinajstić information content (AvgIpc) is 1.81. The van der Waals surface area contributed by atoms with Crippen molar-refractivity contribution in [3.8, 4) is 0 Å². The molecule has 7 nitrogen and oxygen atoms in total. The quantitative estimate of drug-likeness (QED) is 0.422. The second kappa shape index (κ2) is 2.02. The topological polar surface area (TPSA) is 128 Å².